The molecule has 4 rings (SSSR count). The van der Waals surface area contributed by atoms with Gasteiger partial charge in [-0.05, 0) is 59.2 Å². The molecule has 2 atom stereocenters. The Labute approximate surface area is 259 Å². The molecule has 3 aromatic carbocycles. The number of anilines is 1. The quantitative estimate of drug-likeness (QED) is 0.104. The van der Waals surface area contributed by atoms with Crippen LogP contribution in [-0.4, -0.2) is 11.8 Å². The number of rotatable bonds is 10. The third-order valence-corrected chi connectivity index (χ3v) is 9.16. The van der Waals surface area contributed by atoms with Gasteiger partial charge in [0.25, 0.3) is 0 Å². The van der Waals surface area contributed by atoms with Gasteiger partial charge in [0.2, 0.25) is 0 Å². The van der Waals surface area contributed by atoms with E-state index < -0.39 is 12.5 Å². The summed E-state index contributed by atoms with van der Waals surface area (Å²) in [4.78, 5) is 4.22. The van der Waals surface area contributed by atoms with Crippen molar-refractivity contribution in [3.63, 3.8) is 0 Å². The minimum atomic E-state index is -0.555. The Kier molecular flexibility index (Phi) is 10.3. The molecule has 0 amide bonds. The Bertz CT molecular complexity index is 1410. The maximum atomic E-state index is 8.47. The molecule has 0 aromatic heterocycles. The Morgan fingerprint density at radius 3 is 1.76 bits per heavy atom. The maximum absolute atomic E-state index is 8.47. The molecule has 0 spiro atoms. The molecule has 0 aliphatic carbocycles. The van der Waals surface area contributed by atoms with Gasteiger partial charge in [0.05, 0.1) is 0 Å². The Hall–Kier alpha value is -2.94. The van der Waals surface area contributed by atoms with Crippen LogP contribution < -0.4 is 11.1 Å². The van der Waals surface area contributed by atoms with Crippen LogP contribution in [0.5, 0.6) is 0 Å². The van der Waals surface area contributed by atoms with Gasteiger partial charge >= 0.3 is 0 Å². The van der Waals surface area contributed by atoms with Crippen LogP contribution in [0.1, 0.15) is 90.5 Å². The van der Waals surface area contributed by atoms with Gasteiger partial charge in [-0.3, -0.25) is 10.8 Å². The SMILES string of the molecule is CC(C)CC(=N)OC1NC(OC(=N)CC(C)C)c2cc(Sc3ccccc3N)c(Sc3ccc(C(C)(C)C)cc3)cc21. The zero-order valence-corrected chi connectivity index (χ0v) is 27.3. The molecule has 8 heteroatoms. The number of hydrogen-bond acceptors (Lipinski definition) is 8. The van der Waals surface area contributed by atoms with Crippen LogP contribution >= 0.6 is 23.5 Å². The van der Waals surface area contributed by atoms with Gasteiger partial charge < -0.3 is 15.2 Å². The Morgan fingerprint density at radius 2 is 1.29 bits per heavy atom. The molecule has 6 nitrogen and oxygen atoms in total. The Morgan fingerprint density at radius 1 is 0.786 bits per heavy atom. The second-order valence-electron chi connectivity index (χ2n) is 12.6. The van der Waals surface area contributed by atoms with Crippen molar-refractivity contribution in [3.05, 3.63) is 77.4 Å². The predicted octanol–water partition coefficient (Wildman–Crippen LogP) is 9.55. The van der Waals surface area contributed by atoms with Crippen LogP contribution in [0.4, 0.5) is 5.69 Å². The van der Waals surface area contributed by atoms with E-state index in [1.807, 2.05) is 24.3 Å². The highest BCUT2D eigenvalue weighted by Crippen LogP contribution is 2.46. The van der Waals surface area contributed by atoms with Gasteiger partial charge in [-0.15, -0.1) is 0 Å². The lowest BCUT2D eigenvalue weighted by molar-refractivity contribution is 0.0756. The van der Waals surface area contributed by atoms with Crippen molar-refractivity contribution >= 4 is 41.0 Å². The standard InChI is InChI=1S/C34H44N4O2S2/c1-20(2)16-30(36)39-32-24-18-28(41-23-14-12-22(13-15-23)34(5,6)7)29(42-27-11-9-8-10-26(27)35)19-25(24)33(38-32)40-31(37)17-21(3)4/h8-15,18-21,32-33,36-38H,16-17,35H2,1-7H3. The molecule has 1 heterocycles. The number of nitrogens with one attached hydrogen (secondary N) is 3. The molecule has 2 unspecified atom stereocenters. The first kappa shape index (κ1) is 32.0. The molecule has 42 heavy (non-hydrogen) atoms. The third kappa shape index (κ3) is 8.33. The van der Waals surface area contributed by atoms with Crippen LogP contribution in [0.3, 0.4) is 0 Å². The summed E-state index contributed by atoms with van der Waals surface area (Å²) in [6, 6.07) is 20.9. The molecule has 0 radical (unpaired) electrons. The lowest BCUT2D eigenvalue weighted by atomic mass is 9.87. The first-order chi connectivity index (χ1) is 19.8. The summed E-state index contributed by atoms with van der Waals surface area (Å²) in [6.45, 7) is 15.0. The molecule has 0 saturated heterocycles. The number of nitrogens with two attached hydrogens (primary N) is 1. The van der Waals surface area contributed by atoms with Gasteiger partial charge in [-0.25, -0.2) is 5.32 Å². The lowest BCUT2D eigenvalue weighted by Crippen LogP contribution is -2.26. The molecule has 1 aliphatic rings. The fourth-order valence-electron chi connectivity index (χ4n) is 4.68. The molecular weight excluding hydrogens is 561 g/mol. The molecule has 0 bridgehead atoms. The number of benzene rings is 3. The summed E-state index contributed by atoms with van der Waals surface area (Å²) in [5.74, 6) is 1.07. The monoisotopic (exact) mass is 604 g/mol. The number of para-hydroxylation sites is 1. The van der Waals surface area contributed by atoms with Crippen LogP contribution in [0.25, 0.3) is 0 Å². The van der Waals surface area contributed by atoms with Crippen molar-refractivity contribution in [2.45, 2.75) is 98.8 Å². The fourth-order valence-corrected chi connectivity index (χ4v) is 6.72. The molecular formula is C34H44N4O2S2. The third-order valence-electron chi connectivity index (χ3n) is 6.81. The topological polar surface area (TPSA) is 104 Å². The van der Waals surface area contributed by atoms with Gasteiger partial charge in [-0.1, -0.05) is 96.3 Å². The van der Waals surface area contributed by atoms with Crippen molar-refractivity contribution in [3.8, 4) is 0 Å². The summed E-state index contributed by atoms with van der Waals surface area (Å²) in [5.41, 5.74) is 10.3. The van der Waals surface area contributed by atoms with E-state index in [4.69, 9.17) is 26.0 Å². The van der Waals surface area contributed by atoms with E-state index in [0.717, 1.165) is 36.4 Å². The van der Waals surface area contributed by atoms with Crippen LogP contribution in [-0.2, 0) is 14.9 Å². The van der Waals surface area contributed by atoms with Crippen molar-refractivity contribution in [2.24, 2.45) is 11.8 Å². The van der Waals surface area contributed by atoms with E-state index in [9.17, 15) is 0 Å². The van der Waals surface area contributed by atoms with Gasteiger partial charge in [0, 0.05) is 49.2 Å². The van der Waals surface area contributed by atoms with Crippen molar-refractivity contribution in [1.82, 2.24) is 5.32 Å². The highest BCUT2D eigenvalue weighted by molar-refractivity contribution is 8.02. The van der Waals surface area contributed by atoms with E-state index in [1.54, 1.807) is 23.5 Å². The summed E-state index contributed by atoms with van der Waals surface area (Å²) in [5, 5.41) is 20.4. The average Bonchev–Trinajstić information content (AvgIpc) is 3.19. The van der Waals surface area contributed by atoms with E-state index in [1.165, 1.54) is 5.56 Å². The molecule has 1 aliphatic heterocycles. The summed E-state index contributed by atoms with van der Waals surface area (Å²) in [7, 11) is 0. The summed E-state index contributed by atoms with van der Waals surface area (Å²) < 4.78 is 12.3. The predicted molar refractivity (Wildman–Crippen MR) is 176 cm³/mol. The van der Waals surface area contributed by atoms with Gasteiger partial charge in [0.1, 0.15) is 0 Å². The zero-order valence-electron chi connectivity index (χ0n) is 25.7. The number of hydrogen-bond donors (Lipinski definition) is 4. The van der Waals surface area contributed by atoms with E-state index in [2.05, 4.69) is 90.2 Å². The van der Waals surface area contributed by atoms with E-state index in [0.29, 0.717) is 24.7 Å². The zero-order chi connectivity index (χ0) is 30.6. The molecule has 0 fully saturated rings. The summed E-state index contributed by atoms with van der Waals surface area (Å²) >= 11 is 3.32. The highest BCUT2D eigenvalue weighted by Gasteiger charge is 2.36. The minimum absolute atomic E-state index is 0.0810. The van der Waals surface area contributed by atoms with Crippen LogP contribution in [0, 0.1) is 22.7 Å². The first-order valence-corrected chi connectivity index (χ1v) is 16.2. The lowest BCUT2D eigenvalue weighted by Gasteiger charge is -2.20. The fraction of sp³-hybridized carbons (Fsp3) is 0.412. The van der Waals surface area contributed by atoms with E-state index in [-0.39, 0.29) is 17.2 Å². The first-order valence-electron chi connectivity index (χ1n) is 14.5. The number of fused-ring (bicyclic) bond motifs is 1. The maximum Gasteiger partial charge on any atom is 0.183 e. The Balaban J connectivity index is 1.76. The van der Waals surface area contributed by atoms with Crippen LogP contribution in [0.2, 0.25) is 0 Å². The van der Waals surface area contributed by atoms with E-state index >= 15 is 0 Å². The molecule has 3 aromatic rings. The normalized spacial score (nSPS) is 16.5. The highest BCUT2D eigenvalue weighted by atomic mass is 32.2. The molecule has 5 N–H and O–H groups in total. The number of ether oxygens (including phenoxy) is 2. The average molecular weight is 605 g/mol. The van der Waals surface area contributed by atoms with Crippen molar-refractivity contribution in [2.75, 3.05) is 5.73 Å². The van der Waals surface area contributed by atoms with Crippen molar-refractivity contribution in [1.29, 1.82) is 10.8 Å². The molecule has 224 valence electrons. The van der Waals surface area contributed by atoms with Crippen LogP contribution in [0.15, 0.2) is 80.2 Å². The molecule has 0 saturated carbocycles. The van der Waals surface area contributed by atoms with Crippen molar-refractivity contribution < 1.29 is 9.47 Å². The van der Waals surface area contributed by atoms with Gasteiger partial charge in [0.15, 0.2) is 24.3 Å². The smallest absolute Gasteiger partial charge is 0.183 e. The second-order valence-corrected chi connectivity index (χ2v) is 14.8. The number of nitrogen functional groups attached to an aromatic ring is 1. The second kappa shape index (κ2) is 13.6. The largest absolute Gasteiger partial charge is 0.458 e. The summed E-state index contributed by atoms with van der Waals surface area (Å²) in [6.07, 6.45) is -0.0131. The van der Waals surface area contributed by atoms with Gasteiger partial charge in [-0.2, -0.15) is 0 Å². The minimum Gasteiger partial charge on any atom is -0.458 e.